The first-order chi connectivity index (χ1) is 11.1. The third-order valence-electron chi connectivity index (χ3n) is 4.32. The molecule has 118 valence electrons. The van der Waals surface area contributed by atoms with Gasteiger partial charge in [0.2, 0.25) is 5.91 Å². The largest absolute Gasteiger partial charge is 0.326 e. The molecule has 0 aliphatic heterocycles. The smallest absolute Gasteiger partial charge is 0.224 e. The average molecular weight is 307 g/mol. The lowest BCUT2D eigenvalue weighted by Gasteiger charge is -2.09. The van der Waals surface area contributed by atoms with Crippen LogP contribution in [0.3, 0.4) is 0 Å². The number of aryl methyl sites for hydroxylation is 2. The highest BCUT2D eigenvalue weighted by Crippen LogP contribution is 2.23. The molecule has 3 aromatic rings. The standard InChI is InChI=1S/C19H21N3O/c1-13-16(14(2)22(3)21-13)11-12-19(23)20-18-10-6-8-15-7-4-5-9-17(15)18/h4-10H,11-12H2,1-3H3,(H,20,23). The van der Waals surface area contributed by atoms with Gasteiger partial charge in [0, 0.05) is 30.2 Å². The quantitative estimate of drug-likeness (QED) is 0.797. The first-order valence-corrected chi connectivity index (χ1v) is 7.83. The molecule has 1 heterocycles. The molecular formula is C19H21N3O. The Balaban J connectivity index is 1.72. The van der Waals surface area contributed by atoms with Crippen LogP contribution in [-0.2, 0) is 18.3 Å². The van der Waals surface area contributed by atoms with E-state index in [1.165, 1.54) is 5.56 Å². The number of carbonyl (C=O) groups excluding carboxylic acids is 1. The predicted molar refractivity (Wildman–Crippen MR) is 93.6 cm³/mol. The Morgan fingerprint density at radius 2 is 1.87 bits per heavy atom. The van der Waals surface area contributed by atoms with E-state index in [-0.39, 0.29) is 5.91 Å². The Kier molecular flexibility index (Phi) is 4.15. The number of aromatic nitrogens is 2. The summed E-state index contributed by atoms with van der Waals surface area (Å²) in [6.07, 6.45) is 1.17. The van der Waals surface area contributed by atoms with Gasteiger partial charge < -0.3 is 5.32 Å². The molecule has 0 saturated carbocycles. The fourth-order valence-electron chi connectivity index (χ4n) is 2.96. The molecule has 0 aliphatic rings. The van der Waals surface area contributed by atoms with Crippen LogP contribution in [0.1, 0.15) is 23.4 Å². The number of amides is 1. The van der Waals surface area contributed by atoms with Gasteiger partial charge in [-0.25, -0.2) is 0 Å². The molecule has 0 saturated heterocycles. The van der Waals surface area contributed by atoms with E-state index >= 15 is 0 Å². The van der Waals surface area contributed by atoms with Gasteiger partial charge in [0.15, 0.2) is 0 Å². The average Bonchev–Trinajstić information content (AvgIpc) is 2.78. The molecule has 0 bridgehead atoms. The summed E-state index contributed by atoms with van der Waals surface area (Å²) in [7, 11) is 1.93. The maximum atomic E-state index is 12.3. The van der Waals surface area contributed by atoms with E-state index < -0.39 is 0 Å². The molecule has 0 radical (unpaired) electrons. The van der Waals surface area contributed by atoms with Crippen molar-refractivity contribution < 1.29 is 4.79 Å². The highest BCUT2D eigenvalue weighted by Gasteiger charge is 2.12. The third-order valence-corrected chi connectivity index (χ3v) is 4.32. The second kappa shape index (κ2) is 6.24. The van der Waals surface area contributed by atoms with E-state index in [1.54, 1.807) is 0 Å². The predicted octanol–water partition coefficient (Wildman–Crippen LogP) is 3.76. The lowest BCUT2D eigenvalue weighted by molar-refractivity contribution is -0.116. The topological polar surface area (TPSA) is 46.9 Å². The summed E-state index contributed by atoms with van der Waals surface area (Å²) in [4.78, 5) is 12.3. The van der Waals surface area contributed by atoms with Crippen molar-refractivity contribution in [3.05, 3.63) is 59.4 Å². The molecule has 0 fully saturated rings. The van der Waals surface area contributed by atoms with E-state index in [0.29, 0.717) is 12.8 Å². The van der Waals surface area contributed by atoms with Crippen molar-refractivity contribution in [3.8, 4) is 0 Å². The molecule has 0 atom stereocenters. The van der Waals surface area contributed by atoms with Gasteiger partial charge in [0.25, 0.3) is 0 Å². The zero-order chi connectivity index (χ0) is 16.4. The summed E-state index contributed by atoms with van der Waals surface area (Å²) < 4.78 is 1.87. The Morgan fingerprint density at radius 1 is 1.13 bits per heavy atom. The van der Waals surface area contributed by atoms with Crippen LogP contribution in [0.15, 0.2) is 42.5 Å². The molecule has 1 amide bonds. The minimum absolute atomic E-state index is 0.0315. The Hall–Kier alpha value is -2.62. The number of nitrogens with zero attached hydrogens (tertiary/aromatic N) is 2. The van der Waals surface area contributed by atoms with Gasteiger partial charge in [-0.2, -0.15) is 5.10 Å². The van der Waals surface area contributed by atoms with E-state index in [0.717, 1.165) is 27.8 Å². The summed E-state index contributed by atoms with van der Waals surface area (Å²) >= 11 is 0. The van der Waals surface area contributed by atoms with Crippen LogP contribution < -0.4 is 5.32 Å². The van der Waals surface area contributed by atoms with Crippen LogP contribution in [0.25, 0.3) is 10.8 Å². The number of benzene rings is 2. The molecule has 2 aromatic carbocycles. The molecular weight excluding hydrogens is 286 g/mol. The van der Waals surface area contributed by atoms with Gasteiger partial charge in [-0.05, 0) is 37.3 Å². The Bertz CT molecular complexity index is 859. The van der Waals surface area contributed by atoms with Crippen molar-refractivity contribution in [1.29, 1.82) is 0 Å². The third kappa shape index (κ3) is 3.11. The van der Waals surface area contributed by atoms with Crippen molar-refractivity contribution in [1.82, 2.24) is 9.78 Å². The number of rotatable bonds is 4. The van der Waals surface area contributed by atoms with Gasteiger partial charge in [0.1, 0.15) is 0 Å². The van der Waals surface area contributed by atoms with Crippen LogP contribution in [0, 0.1) is 13.8 Å². The number of nitrogens with one attached hydrogen (secondary N) is 1. The van der Waals surface area contributed by atoms with Crippen LogP contribution >= 0.6 is 0 Å². The van der Waals surface area contributed by atoms with Crippen LogP contribution in [0.5, 0.6) is 0 Å². The van der Waals surface area contributed by atoms with Crippen molar-refractivity contribution in [3.63, 3.8) is 0 Å². The highest BCUT2D eigenvalue weighted by molar-refractivity contribution is 6.02. The van der Waals surface area contributed by atoms with Crippen LogP contribution in [0.2, 0.25) is 0 Å². The molecule has 4 heteroatoms. The van der Waals surface area contributed by atoms with Gasteiger partial charge in [0.05, 0.1) is 5.69 Å². The fourth-order valence-corrected chi connectivity index (χ4v) is 2.96. The fraction of sp³-hybridized carbons (Fsp3) is 0.263. The van der Waals surface area contributed by atoms with E-state index in [9.17, 15) is 4.79 Å². The van der Waals surface area contributed by atoms with E-state index in [4.69, 9.17) is 0 Å². The van der Waals surface area contributed by atoms with Gasteiger partial charge in [-0.15, -0.1) is 0 Å². The zero-order valence-electron chi connectivity index (χ0n) is 13.8. The molecule has 0 aliphatic carbocycles. The minimum atomic E-state index is 0.0315. The van der Waals surface area contributed by atoms with Crippen molar-refractivity contribution in [2.45, 2.75) is 26.7 Å². The highest BCUT2D eigenvalue weighted by atomic mass is 16.1. The molecule has 4 nitrogen and oxygen atoms in total. The molecule has 1 N–H and O–H groups in total. The number of hydrogen-bond donors (Lipinski definition) is 1. The maximum Gasteiger partial charge on any atom is 0.224 e. The summed E-state index contributed by atoms with van der Waals surface area (Å²) in [5.74, 6) is 0.0315. The molecule has 23 heavy (non-hydrogen) atoms. The number of anilines is 1. The lowest BCUT2D eigenvalue weighted by atomic mass is 10.1. The minimum Gasteiger partial charge on any atom is -0.326 e. The number of fused-ring (bicyclic) bond motifs is 1. The normalized spacial score (nSPS) is 10.9. The van der Waals surface area contributed by atoms with E-state index in [1.807, 2.05) is 68.0 Å². The maximum absolute atomic E-state index is 12.3. The second-order valence-corrected chi connectivity index (χ2v) is 5.85. The van der Waals surface area contributed by atoms with E-state index in [2.05, 4.69) is 10.4 Å². The lowest BCUT2D eigenvalue weighted by Crippen LogP contribution is -2.13. The summed E-state index contributed by atoms with van der Waals surface area (Å²) in [6, 6.07) is 14.0. The van der Waals surface area contributed by atoms with Crippen LogP contribution in [0.4, 0.5) is 5.69 Å². The summed E-state index contributed by atoms with van der Waals surface area (Å²) in [5.41, 5.74) is 4.16. The van der Waals surface area contributed by atoms with Gasteiger partial charge in [-0.1, -0.05) is 36.4 Å². The Morgan fingerprint density at radius 3 is 2.61 bits per heavy atom. The van der Waals surface area contributed by atoms with Crippen molar-refractivity contribution >= 4 is 22.4 Å². The number of hydrogen-bond acceptors (Lipinski definition) is 2. The monoisotopic (exact) mass is 307 g/mol. The summed E-state index contributed by atoms with van der Waals surface area (Å²) in [5, 5.41) is 9.63. The molecule has 0 unspecified atom stereocenters. The Labute approximate surface area is 136 Å². The van der Waals surface area contributed by atoms with Crippen molar-refractivity contribution in [2.75, 3.05) is 5.32 Å². The van der Waals surface area contributed by atoms with Gasteiger partial charge >= 0.3 is 0 Å². The van der Waals surface area contributed by atoms with Crippen LogP contribution in [-0.4, -0.2) is 15.7 Å². The summed E-state index contributed by atoms with van der Waals surface area (Å²) in [6.45, 7) is 4.03. The molecule has 3 rings (SSSR count). The van der Waals surface area contributed by atoms with Gasteiger partial charge in [-0.3, -0.25) is 9.48 Å². The number of carbonyl (C=O) groups is 1. The zero-order valence-corrected chi connectivity index (χ0v) is 13.8. The first kappa shape index (κ1) is 15.3. The second-order valence-electron chi connectivity index (χ2n) is 5.85. The SMILES string of the molecule is Cc1nn(C)c(C)c1CCC(=O)Nc1cccc2ccccc12. The first-order valence-electron chi connectivity index (χ1n) is 7.83. The molecule has 0 spiro atoms. The van der Waals surface area contributed by atoms with Crippen molar-refractivity contribution in [2.24, 2.45) is 7.05 Å². The molecule has 1 aromatic heterocycles.